The smallest absolute Gasteiger partial charge is 0.241 e. The minimum Gasteiger partial charge on any atom is -0.368 e. The molecule has 0 saturated carbocycles. The van der Waals surface area contributed by atoms with Gasteiger partial charge in [-0.1, -0.05) is 6.07 Å². The highest BCUT2D eigenvalue weighted by molar-refractivity contribution is 7.89. The fourth-order valence-electron chi connectivity index (χ4n) is 4.44. The lowest BCUT2D eigenvalue weighted by Gasteiger charge is -2.36. The van der Waals surface area contributed by atoms with Crippen molar-refractivity contribution < 1.29 is 17.6 Å². The van der Waals surface area contributed by atoms with Gasteiger partial charge in [0.05, 0.1) is 4.90 Å². The van der Waals surface area contributed by atoms with Gasteiger partial charge in [0.1, 0.15) is 12.5 Å². The number of alkyl halides is 1. The Bertz CT molecular complexity index is 1480. The van der Waals surface area contributed by atoms with E-state index in [1.165, 1.54) is 6.07 Å². The van der Waals surface area contributed by atoms with E-state index in [2.05, 4.69) is 30.2 Å². The predicted octanol–water partition coefficient (Wildman–Crippen LogP) is 4.49. The van der Waals surface area contributed by atoms with Gasteiger partial charge < -0.3 is 20.4 Å². The highest BCUT2D eigenvalue weighted by atomic mass is 32.2. The summed E-state index contributed by atoms with van der Waals surface area (Å²) >= 11 is 0. The summed E-state index contributed by atoms with van der Waals surface area (Å²) in [5, 5.41) is 6.32. The third-order valence-corrected chi connectivity index (χ3v) is 8.12. The fraction of sp³-hybridized carbons (Fsp3) is 0.393. The number of hydrogen-bond donors (Lipinski definition) is 3. The minimum atomic E-state index is -3.70. The number of nitrogens with one attached hydrogen (secondary N) is 3. The second-order valence-corrected chi connectivity index (χ2v) is 12.5. The van der Waals surface area contributed by atoms with E-state index in [-0.39, 0.29) is 10.8 Å². The number of aryl methyl sites for hydroxylation is 1. The van der Waals surface area contributed by atoms with Crippen LogP contribution in [0.4, 0.5) is 33.2 Å². The number of amides is 1. The number of benzene rings is 2. The average molecular weight is 570 g/mol. The Morgan fingerprint density at radius 2 is 1.73 bits per heavy atom. The van der Waals surface area contributed by atoms with Crippen LogP contribution in [0.2, 0.25) is 0 Å². The predicted molar refractivity (Wildman–Crippen MR) is 156 cm³/mol. The molecule has 0 spiro atoms. The third-order valence-electron chi connectivity index (χ3n) is 6.36. The van der Waals surface area contributed by atoms with E-state index in [4.69, 9.17) is 0 Å². The molecule has 0 unspecified atom stereocenters. The Balaban J connectivity index is 1.50. The molecule has 3 aromatic rings. The molecule has 1 amide bonds. The first kappa shape index (κ1) is 29.2. The van der Waals surface area contributed by atoms with E-state index in [1.807, 2.05) is 19.1 Å². The summed E-state index contributed by atoms with van der Waals surface area (Å²) in [7, 11) is -3.70. The quantitative estimate of drug-likeness (QED) is 0.363. The second-order valence-electron chi connectivity index (χ2n) is 10.8. The second kappa shape index (κ2) is 11.8. The number of carbonyl (C=O) groups excluding carboxylic acids is 1. The maximum atomic E-state index is 14.0. The SMILES string of the molecule is CC(=O)N1CCN(c2ccc(Nc3ncc(C)c(Nc4cccc(S(=O)(=O)NC(C)(C)C)c4)n3)cc2CF)CC1. The molecule has 0 atom stereocenters. The van der Waals surface area contributed by atoms with Crippen molar-refractivity contribution in [3.63, 3.8) is 0 Å². The van der Waals surface area contributed by atoms with Crippen LogP contribution in [0, 0.1) is 6.92 Å². The summed E-state index contributed by atoms with van der Waals surface area (Å²) in [5.41, 5.74) is 2.67. The zero-order chi connectivity index (χ0) is 29.1. The van der Waals surface area contributed by atoms with E-state index in [0.29, 0.717) is 54.9 Å². The molecule has 1 aliphatic rings. The van der Waals surface area contributed by atoms with Gasteiger partial charge in [0.2, 0.25) is 21.9 Å². The normalized spacial score (nSPS) is 14.2. The summed E-state index contributed by atoms with van der Waals surface area (Å²) < 4.78 is 42.2. The number of anilines is 5. The number of hydrogen-bond acceptors (Lipinski definition) is 8. The van der Waals surface area contributed by atoms with Crippen molar-refractivity contribution in [1.29, 1.82) is 0 Å². The number of aromatic nitrogens is 2. The molecule has 12 heteroatoms. The molecule has 2 aromatic carbocycles. The number of sulfonamides is 1. The van der Waals surface area contributed by atoms with Crippen molar-refractivity contribution in [2.75, 3.05) is 41.7 Å². The van der Waals surface area contributed by atoms with E-state index >= 15 is 0 Å². The summed E-state index contributed by atoms with van der Waals surface area (Å²) in [6.45, 7) is 10.6. The van der Waals surface area contributed by atoms with Crippen LogP contribution >= 0.6 is 0 Å². The van der Waals surface area contributed by atoms with Gasteiger partial charge >= 0.3 is 0 Å². The van der Waals surface area contributed by atoms with E-state index < -0.39 is 22.2 Å². The molecule has 1 aliphatic heterocycles. The molecular formula is C28H36FN7O3S. The van der Waals surface area contributed by atoms with Gasteiger partial charge in [0.25, 0.3) is 0 Å². The van der Waals surface area contributed by atoms with Gasteiger partial charge in [0, 0.05) is 73.0 Å². The monoisotopic (exact) mass is 569 g/mol. The van der Waals surface area contributed by atoms with Crippen LogP contribution in [0.5, 0.6) is 0 Å². The largest absolute Gasteiger partial charge is 0.368 e. The molecule has 40 heavy (non-hydrogen) atoms. The molecule has 0 aliphatic carbocycles. The average Bonchev–Trinajstić information content (AvgIpc) is 2.89. The lowest BCUT2D eigenvalue weighted by atomic mass is 10.1. The van der Waals surface area contributed by atoms with E-state index in [0.717, 1.165) is 11.3 Å². The lowest BCUT2D eigenvalue weighted by Crippen LogP contribution is -2.48. The van der Waals surface area contributed by atoms with Crippen molar-refractivity contribution in [2.24, 2.45) is 0 Å². The van der Waals surface area contributed by atoms with Crippen molar-refractivity contribution >= 4 is 44.8 Å². The summed E-state index contributed by atoms with van der Waals surface area (Å²) in [5.74, 6) is 0.854. The molecule has 10 nitrogen and oxygen atoms in total. The molecule has 4 rings (SSSR count). The van der Waals surface area contributed by atoms with Crippen molar-refractivity contribution in [3.05, 3.63) is 59.8 Å². The Kier molecular flexibility index (Phi) is 8.59. The zero-order valence-corrected chi connectivity index (χ0v) is 24.3. The molecule has 214 valence electrons. The molecular weight excluding hydrogens is 533 g/mol. The Morgan fingerprint density at radius 1 is 1.02 bits per heavy atom. The molecule has 0 bridgehead atoms. The molecule has 1 saturated heterocycles. The Labute approximate surface area is 235 Å². The van der Waals surface area contributed by atoms with Gasteiger partial charge in [-0.15, -0.1) is 0 Å². The van der Waals surface area contributed by atoms with Gasteiger partial charge in [-0.2, -0.15) is 4.98 Å². The van der Waals surface area contributed by atoms with Gasteiger partial charge in [-0.05, 0) is 64.1 Å². The van der Waals surface area contributed by atoms with E-state index in [1.54, 1.807) is 63.1 Å². The molecule has 3 N–H and O–H groups in total. The topological polar surface area (TPSA) is 120 Å². The number of carbonyl (C=O) groups is 1. The Morgan fingerprint density at radius 3 is 2.38 bits per heavy atom. The molecule has 1 fully saturated rings. The fourth-order valence-corrected chi connectivity index (χ4v) is 5.90. The number of nitrogens with zero attached hydrogens (tertiary/aromatic N) is 4. The zero-order valence-electron chi connectivity index (χ0n) is 23.5. The van der Waals surface area contributed by atoms with Gasteiger partial charge in [0.15, 0.2) is 0 Å². The van der Waals surface area contributed by atoms with Crippen LogP contribution in [0.25, 0.3) is 0 Å². The van der Waals surface area contributed by atoms with Crippen molar-refractivity contribution in [3.8, 4) is 0 Å². The van der Waals surface area contributed by atoms with Gasteiger partial charge in [-0.3, -0.25) is 4.79 Å². The maximum Gasteiger partial charge on any atom is 0.241 e. The third kappa shape index (κ3) is 7.24. The van der Waals surface area contributed by atoms with Crippen LogP contribution in [-0.2, 0) is 21.5 Å². The molecule has 0 radical (unpaired) electrons. The number of rotatable bonds is 8. The van der Waals surface area contributed by atoms with Crippen molar-refractivity contribution in [1.82, 2.24) is 19.6 Å². The van der Waals surface area contributed by atoms with Gasteiger partial charge in [-0.25, -0.2) is 22.5 Å². The minimum absolute atomic E-state index is 0.0483. The Hall–Kier alpha value is -3.77. The van der Waals surface area contributed by atoms with Crippen molar-refractivity contribution in [2.45, 2.75) is 51.7 Å². The summed E-state index contributed by atoms with van der Waals surface area (Å²) in [6, 6.07) is 12.0. The highest BCUT2D eigenvalue weighted by Gasteiger charge is 2.23. The molecule has 2 heterocycles. The summed E-state index contributed by atoms with van der Waals surface area (Å²) in [6.07, 6.45) is 1.65. The first-order chi connectivity index (χ1) is 18.8. The van der Waals surface area contributed by atoms with E-state index in [9.17, 15) is 17.6 Å². The molecule has 1 aromatic heterocycles. The standard InChI is InChI=1S/C28H36FN7O3S/c1-19-18-30-27(33-26(19)31-22-7-6-8-24(16-22)40(38,39)34-28(3,4)5)32-23-9-10-25(21(15-23)17-29)36-13-11-35(12-14-36)20(2)37/h6-10,15-16,18,34H,11-14,17H2,1-5H3,(H2,30,31,32,33). The van der Waals surface area contributed by atoms with Crippen LogP contribution in [0.1, 0.15) is 38.8 Å². The van der Waals surface area contributed by atoms with Crippen LogP contribution in [0.3, 0.4) is 0 Å². The van der Waals surface area contributed by atoms with Crippen LogP contribution < -0.4 is 20.3 Å². The van der Waals surface area contributed by atoms with Crippen LogP contribution in [-0.4, -0.2) is 60.9 Å². The lowest BCUT2D eigenvalue weighted by molar-refractivity contribution is -0.129. The number of piperazine rings is 1. The number of halogens is 1. The first-order valence-corrected chi connectivity index (χ1v) is 14.5. The van der Waals surface area contributed by atoms with Crippen LogP contribution in [0.15, 0.2) is 53.6 Å². The maximum absolute atomic E-state index is 14.0. The first-order valence-electron chi connectivity index (χ1n) is 13.1. The highest BCUT2D eigenvalue weighted by Crippen LogP contribution is 2.28. The summed E-state index contributed by atoms with van der Waals surface area (Å²) in [4.78, 5) is 24.6.